The summed E-state index contributed by atoms with van der Waals surface area (Å²) in [6, 6.07) is 10.3. The van der Waals surface area contributed by atoms with Gasteiger partial charge in [-0.1, -0.05) is 37.3 Å². The van der Waals surface area contributed by atoms with Gasteiger partial charge in [0.15, 0.2) is 5.96 Å². The Morgan fingerprint density at radius 3 is 2.43 bits per heavy atom. The summed E-state index contributed by atoms with van der Waals surface area (Å²) in [6.45, 7) is 7.58. The van der Waals surface area contributed by atoms with Crippen LogP contribution in [0.2, 0.25) is 0 Å². The zero-order valence-corrected chi connectivity index (χ0v) is 15.4. The molecule has 0 radical (unpaired) electrons. The topological polar surface area (TPSA) is 70.6 Å². The first-order valence-corrected chi connectivity index (χ1v) is 10.2. The lowest BCUT2D eigenvalue weighted by Gasteiger charge is -2.18. The van der Waals surface area contributed by atoms with Crippen molar-refractivity contribution >= 4 is 15.8 Å². The molecule has 1 aromatic rings. The van der Waals surface area contributed by atoms with Crippen LogP contribution < -0.4 is 10.6 Å². The van der Waals surface area contributed by atoms with Gasteiger partial charge in [-0.25, -0.2) is 8.42 Å². The monoisotopic (exact) mass is 339 g/mol. The van der Waals surface area contributed by atoms with Crippen molar-refractivity contribution in [3.05, 3.63) is 35.9 Å². The molecule has 1 aromatic carbocycles. The first-order valence-electron chi connectivity index (χ1n) is 8.09. The van der Waals surface area contributed by atoms with Gasteiger partial charge >= 0.3 is 0 Å². The highest BCUT2D eigenvalue weighted by Crippen LogP contribution is 2.14. The quantitative estimate of drug-likeness (QED) is 0.562. The third-order valence-corrected chi connectivity index (χ3v) is 4.52. The Bertz CT molecular complexity index is 585. The minimum atomic E-state index is -2.93. The SMILES string of the molecule is CCNC(=NCC(C)c1ccccc1)NC(C)CCS(C)(=O)=O. The van der Waals surface area contributed by atoms with Gasteiger partial charge in [0.05, 0.1) is 5.75 Å². The molecule has 0 amide bonds. The van der Waals surface area contributed by atoms with E-state index in [1.54, 1.807) is 0 Å². The fraction of sp³-hybridized carbons (Fsp3) is 0.588. The molecule has 0 aliphatic heterocycles. The van der Waals surface area contributed by atoms with E-state index in [1.165, 1.54) is 11.8 Å². The highest BCUT2D eigenvalue weighted by molar-refractivity contribution is 7.90. The predicted octanol–water partition coefficient (Wildman–Crippen LogP) is 2.17. The predicted molar refractivity (Wildman–Crippen MR) is 97.8 cm³/mol. The summed E-state index contributed by atoms with van der Waals surface area (Å²) < 4.78 is 22.5. The van der Waals surface area contributed by atoms with E-state index in [4.69, 9.17) is 0 Å². The van der Waals surface area contributed by atoms with Crippen LogP contribution in [-0.2, 0) is 9.84 Å². The summed E-state index contributed by atoms with van der Waals surface area (Å²) in [4.78, 5) is 4.62. The molecule has 2 unspecified atom stereocenters. The van der Waals surface area contributed by atoms with Gasteiger partial charge in [-0.15, -0.1) is 0 Å². The zero-order chi connectivity index (χ0) is 17.3. The summed E-state index contributed by atoms with van der Waals surface area (Å²) in [5.74, 6) is 1.25. The molecule has 0 bridgehead atoms. The number of aliphatic imine (C=N–C) groups is 1. The van der Waals surface area contributed by atoms with E-state index in [9.17, 15) is 8.42 Å². The number of nitrogens with zero attached hydrogens (tertiary/aromatic N) is 1. The molecule has 0 spiro atoms. The van der Waals surface area contributed by atoms with E-state index in [0.29, 0.717) is 18.9 Å². The summed E-state index contributed by atoms with van der Waals surface area (Å²) in [6.07, 6.45) is 1.83. The van der Waals surface area contributed by atoms with E-state index in [2.05, 4.69) is 34.7 Å². The Hall–Kier alpha value is -1.56. The van der Waals surface area contributed by atoms with Crippen LogP contribution in [0.1, 0.15) is 38.7 Å². The lowest BCUT2D eigenvalue weighted by Crippen LogP contribution is -2.43. The van der Waals surface area contributed by atoms with E-state index in [1.807, 2.05) is 32.0 Å². The average molecular weight is 340 g/mol. The first-order chi connectivity index (χ1) is 10.8. The highest BCUT2D eigenvalue weighted by atomic mass is 32.2. The Morgan fingerprint density at radius 2 is 1.87 bits per heavy atom. The molecule has 2 N–H and O–H groups in total. The van der Waals surface area contributed by atoms with E-state index in [0.717, 1.165) is 12.5 Å². The number of hydrogen-bond donors (Lipinski definition) is 2. The Labute approximate surface area is 140 Å². The standard InChI is InChI=1S/C17H29N3O2S/c1-5-18-17(20-15(3)11-12-23(4,21)22)19-13-14(2)16-9-7-6-8-10-16/h6-10,14-15H,5,11-13H2,1-4H3,(H2,18,19,20). The molecule has 0 saturated heterocycles. The molecule has 0 fully saturated rings. The molecule has 5 nitrogen and oxygen atoms in total. The van der Waals surface area contributed by atoms with Crippen molar-refractivity contribution in [2.75, 3.05) is 25.1 Å². The van der Waals surface area contributed by atoms with Crippen LogP contribution in [0.3, 0.4) is 0 Å². The fourth-order valence-corrected chi connectivity index (χ4v) is 2.91. The molecule has 0 heterocycles. The van der Waals surface area contributed by atoms with E-state index >= 15 is 0 Å². The second kappa shape index (κ2) is 9.55. The Balaban J connectivity index is 2.59. The molecule has 23 heavy (non-hydrogen) atoms. The second-order valence-corrected chi connectivity index (χ2v) is 8.26. The van der Waals surface area contributed by atoms with Crippen LogP contribution in [0.15, 0.2) is 35.3 Å². The van der Waals surface area contributed by atoms with Crippen LogP contribution >= 0.6 is 0 Å². The summed E-state index contributed by atoms with van der Waals surface area (Å²) in [5.41, 5.74) is 1.26. The maximum Gasteiger partial charge on any atom is 0.191 e. The smallest absolute Gasteiger partial charge is 0.191 e. The molecule has 1 rings (SSSR count). The molecular formula is C17H29N3O2S. The number of benzene rings is 1. The number of rotatable bonds is 8. The second-order valence-electron chi connectivity index (χ2n) is 6.00. The summed E-state index contributed by atoms with van der Waals surface area (Å²) in [7, 11) is -2.93. The molecule has 2 atom stereocenters. The molecule has 130 valence electrons. The molecule has 0 aliphatic rings. The highest BCUT2D eigenvalue weighted by Gasteiger charge is 2.10. The van der Waals surface area contributed by atoms with Gasteiger partial charge in [0, 0.05) is 31.3 Å². The average Bonchev–Trinajstić information content (AvgIpc) is 2.51. The number of nitrogens with one attached hydrogen (secondary N) is 2. The Kier molecular flexibility index (Phi) is 8.09. The van der Waals surface area contributed by atoms with E-state index < -0.39 is 9.84 Å². The normalized spacial score (nSPS) is 15.0. The molecule has 6 heteroatoms. The minimum absolute atomic E-state index is 0.0505. The van der Waals surface area contributed by atoms with Crippen molar-refractivity contribution in [2.24, 2.45) is 4.99 Å². The van der Waals surface area contributed by atoms with Crippen molar-refractivity contribution in [1.82, 2.24) is 10.6 Å². The first kappa shape index (κ1) is 19.5. The third kappa shape index (κ3) is 8.59. The number of sulfone groups is 1. The van der Waals surface area contributed by atoms with Crippen molar-refractivity contribution in [3.8, 4) is 0 Å². The van der Waals surface area contributed by atoms with Gasteiger partial charge in [-0.3, -0.25) is 4.99 Å². The van der Waals surface area contributed by atoms with Gasteiger partial charge in [-0.05, 0) is 25.8 Å². The third-order valence-electron chi connectivity index (χ3n) is 3.54. The largest absolute Gasteiger partial charge is 0.357 e. The van der Waals surface area contributed by atoms with Gasteiger partial charge in [0.25, 0.3) is 0 Å². The van der Waals surface area contributed by atoms with Crippen LogP contribution in [-0.4, -0.2) is 45.5 Å². The van der Waals surface area contributed by atoms with E-state index in [-0.39, 0.29) is 11.8 Å². The van der Waals surface area contributed by atoms with Crippen molar-refractivity contribution in [2.45, 2.75) is 39.2 Å². The lowest BCUT2D eigenvalue weighted by molar-refractivity contribution is 0.581. The lowest BCUT2D eigenvalue weighted by atomic mass is 10.0. The van der Waals surface area contributed by atoms with Crippen molar-refractivity contribution in [1.29, 1.82) is 0 Å². The van der Waals surface area contributed by atoms with Gasteiger partial charge in [0.2, 0.25) is 0 Å². The number of hydrogen-bond acceptors (Lipinski definition) is 3. The maximum absolute atomic E-state index is 11.2. The van der Waals surface area contributed by atoms with Crippen LogP contribution in [0.5, 0.6) is 0 Å². The Morgan fingerprint density at radius 1 is 1.22 bits per heavy atom. The van der Waals surface area contributed by atoms with Gasteiger partial charge in [-0.2, -0.15) is 0 Å². The summed E-state index contributed by atoms with van der Waals surface area (Å²) in [5, 5.41) is 6.48. The maximum atomic E-state index is 11.2. The van der Waals surface area contributed by atoms with Crippen LogP contribution in [0.25, 0.3) is 0 Å². The van der Waals surface area contributed by atoms with Crippen LogP contribution in [0.4, 0.5) is 0 Å². The van der Waals surface area contributed by atoms with Crippen molar-refractivity contribution in [3.63, 3.8) is 0 Å². The zero-order valence-electron chi connectivity index (χ0n) is 14.5. The number of guanidine groups is 1. The van der Waals surface area contributed by atoms with Gasteiger partial charge in [0.1, 0.15) is 9.84 Å². The van der Waals surface area contributed by atoms with Crippen LogP contribution in [0, 0.1) is 0 Å². The van der Waals surface area contributed by atoms with Crippen molar-refractivity contribution < 1.29 is 8.42 Å². The molecule has 0 aliphatic carbocycles. The fourth-order valence-electron chi connectivity index (χ4n) is 2.13. The molecular weight excluding hydrogens is 310 g/mol. The molecule has 0 aromatic heterocycles. The minimum Gasteiger partial charge on any atom is -0.357 e. The summed E-state index contributed by atoms with van der Waals surface area (Å²) >= 11 is 0. The molecule has 0 saturated carbocycles. The van der Waals surface area contributed by atoms with Gasteiger partial charge < -0.3 is 10.6 Å².